The van der Waals surface area contributed by atoms with Gasteiger partial charge in [-0.05, 0) is 50.8 Å². The van der Waals surface area contributed by atoms with Gasteiger partial charge in [-0.2, -0.15) is 0 Å². The number of halogens is 2. The zero-order valence-electron chi connectivity index (χ0n) is 15.9. The lowest BCUT2D eigenvalue weighted by molar-refractivity contribution is -0.124. The van der Waals surface area contributed by atoms with Crippen LogP contribution < -0.4 is 11.1 Å². The van der Waals surface area contributed by atoms with Gasteiger partial charge in [-0.15, -0.1) is 24.8 Å². The maximum atomic E-state index is 12.3. The Hall–Kier alpha value is -0.850. The van der Waals surface area contributed by atoms with Crippen LogP contribution in [-0.2, 0) is 22.6 Å². The summed E-state index contributed by atoms with van der Waals surface area (Å²) < 4.78 is 5.33. The summed E-state index contributed by atoms with van der Waals surface area (Å²) in [6, 6.07) is 8.43. The van der Waals surface area contributed by atoms with Gasteiger partial charge in [0.25, 0.3) is 0 Å². The van der Waals surface area contributed by atoms with Crippen LogP contribution in [0.4, 0.5) is 0 Å². The second-order valence-corrected chi connectivity index (χ2v) is 7.02. The Labute approximate surface area is 169 Å². The molecule has 7 heteroatoms. The summed E-state index contributed by atoms with van der Waals surface area (Å²) in [6.45, 7) is 7.20. The van der Waals surface area contributed by atoms with Gasteiger partial charge < -0.3 is 15.8 Å². The highest BCUT2D eigenvalue weighted by atomic mass is 35.5. The van der Waals surface area contributed by atoms with Crippen LogP contribution in [0.1, 0.15) is 37.8 Å². The Kier molecular flexibility index (Phi) is 12.1. The van der Waals surface area contributed by atoms with Crippen LogP contribution in [0.15, 0.2) is 24.3 Å². The SMILES string of the molecule is CC(C)N(C)Cc1cccc(CNC(=O)C(N)C2CCOCC2)c1.Cl.Cl. The zero-order valence-corrected chi connectivity index (χ0v) is 17.6. The van der Waals surface area contributed by atoms with Gasteiger partial charge in [0.2, 0.25) is 5.91 Å². The van der Waals surface area contributed by atoms with E-state index < -0.39 is 6.04 Å². The fourth-order valence-electron chi connectivity index (χ4n) is 2.90. The van der Waals surface area contributed by atoms with Crippen molar-refractivity contribution in [2.24, 2.45) is 11.7 Å². The zero-order chi connectivity index (χ0) is 17.5. The molecule has 0 saturated carbocycles. The Morgan fingerprint density at radius 2 is 1.88 bits per heavy atom. The molecule has 0 spiro atoms. The van der Waals surface area contributed by atoms with E-state index >= 15 is 0 Å². The van der Waals surface area contributed by atoms with Crippen molar-refractivity contribution in [1.82, 2.24) is 10.2 Å². The van der Waals surface area contributed by atoms with Gasteiger partial charge >= 0.3 is 0 Å². The summed E-state index contributed by atoms with van der Waals surface area (Å²) in [5.74, 6) is 0.163. The minimum atomic E-state index is -0.441. The van der Waals surface area contributed by atoms with Gasteiger partial charge in [-0.1, -0.05) is 24.3 Å². The third-order valence-corrected chi connectivity index (χ3v) is 4.85. The number of hydrogen-bond donors (Lipinski definition) is 2. The summed E-state index contributed by atoms with van der Waals surface area (Å²) in [7, 11) is 2.12. The topological polar surface area (TPSA) is 67.6 Å². The quantitative estimate of drug-likeness (QED) is 0.731. The minimum Gasteiger partial charge on any atom is -0.381 e. The molecule has 3 N–H and O–H groups in total. The lowest BCUT2D eigenvalue weighted by atomic mass is 9.92. The normalized spacial score (nSPS) is 15.9. The van der Waals surface area contributed by atoms with Crippen LogP contribution in [0.2, 0.25) is 0 Å². The average molecular weight is 406 g/mol. The molecular formula is C19H33Cl2N3O2. The number of amides is 1. The number of benzene rings is 1. The highest BCUT2D eigenvalue weighted by Gasteiger charge is 2.26. The molecule has 0 aliphatic carbocycles. The molecule has 1 atom stereocenters. The Balaban J connectivity index is 0.00000312. The molecule has 1 heterocycles. The number of nitrogens with zero attached hydrogens (tertiary/aromatic N) is 1. The molecule has 5 nitrogen and oxygen atoms in total. The molecule has 1 aromatic rings. The molecule has 1 aliphatic rings. The van der Waals surface area contributed by atoms with Crippen molar-refractivity contribution in [2.75, 3.05) is 20.3 Å². The number of carbonyl (C=O) groups excluding carboxylic acids is 1. The minimum absolute atomic E-state index is 0. The van der Waals surface area contributed by atoms with Crippen LogP contribution in [0.5, 0.6) is 0 Å². The predicted molar refractivity (Wildman–Crippen MR) is 111 cm³/mol. The van der Waals surface area contributed by atoms with E-state index in [0.29, 0.717) is 25.8 Å². The summed E-state index contributed by atoms with van der Waals surface area (Å²) in [6.07, 6.45) is 1.73. The second-order valence-electron chi connectivity index (χ2n) is 7.02. The fraction of sp³-hybridized carbons (Fsp3) is 0.632. The summed E-state index contributed by atoms with van der Waals surface area (Å²) in [4.78, 5) is 14.6. The molecule has 1 unspecified atom stereocenters. The first kappa shape index (κ1) is 25.1. The molecule has 1 saturated heterocycles. The van der Waals surface area contributed by atoms with Crippen molar-refractivity contribution in [3.8, 4) is 0 Å². The number of carbonyl (C=O) groups is 1. The van der Waals surface area contributed by atoms with E-state index in [0.717, 1.165) is 24.9 Å². The van der Waals surface area contributed by atoms with E-state index in [1.54, 1.807) is 0 Å². The molecule has 0 bridgehead atoms. The first-order chi connectivity index (χ1) is 11.5. The Morgan fingerprint density at radius 1 is 1.27 bits per heavy atom. The smallest absolute Gasteiger partial charge is 0.237 e. The van der Waals surface area contributed by atoms with E-state index in [1.807, 2.05) is 12.1 Å². The third-order valence-electron chi connectivity index (χ3n) is 4.85. The lowest BCUT2D eigenvalue weighted by Crippen LogP contribution is -2.46. The Morgan fingerprint density at radius 3 is 2.50 bits per heavy atom. The summed E-state index contributed by atoms with van der Waals surface area (Å²) in [5, 5.41) is 2.98. The van der Waals surface area contributed by atoms with Crippen LogP contribution in [0.25, 0.3) is 0 Å². The standard InChI is InChI=1S/C19H31N3O2.2ClH/c1-14(2)22(3)13-16-6-4-5-15(11-16)12-21-19(23)18(20)17-7-9-24-10-8-17;;/h4-6,11,14,17-18H,7-10,12-13,20H2,1-3H3,(H,21,23);2*1H. The highest BCUT2D eigenvalue weighted by Crippen LogP contribution is 2.17. The van der Waals surface area contributed by atoms with Crippen molar-refractivity contribution >= 4 is 30.7 Å². The first-order valence-electron chi connectivity index (χ1n) is 8.86. The van der Waals surface area contributed by atoms with Gasteiger partial charge in [0.05, 0.1) is 6.04 Å². The van der Waals surface area contributed by atoms with Gasteiger partial charge in [0, 0.05) is 32.3 Å². The first-order valence-corrected chi connectivity index (χ1v) is 8.86. The predicted octanol–water partition coefficient (Wildman–Crippen LogP) is 2.74. The van der Waals surface area contributed by atoms with Crippen LogP contribution in [0.3, 0.4) is 0 Å². The van der Waals surface area contributed by atoms with E-state index in [1.165, 1.54) is 5.56 Å². The van der Waals surface area contributed by atoms with E-state index in [-0.39, 0.29) is 36.6 Å². The van der Waals surface area contributed by atoms with Crippen molar-refractivity contribution < 1.29 is 9.53 Å². The number of nitrogens with two attached hydrogens (primary N) is 1. The molecule has 150 valence electrons. The fourth-order valence-corrected chi connectivity index (χ4v) is 2.90. The number of rotatable bonds is 7. The van der Waals surface area contributed by atoms with Crippen LogP contribution in [0, 0.1) is 5.92 Å². The van der Waals surface area contributed by atoms with Crippen molar-refractivity contribution in [3.05, 3.63) is 35.4 Å². The molecular weight excluding hydrogens is 373 g/mol. The third kappa shape index (κ3) is 7.80. The molecule has 1 amide bonds. The average Bonchev–Trinajstić information content (AvgIpc) is 2.60. The molecule has 1 aliphatic heterocycles. The van der Waals surface area contributed by atoms with Crippen LogP contribution >= 0.6 is 24.8 Å². The molecule has 26 heavy (non-hydrogen) atoms. The number of ether oxygens (including phenoxy) is 1. The van der Waals surface area contributed by atoms with Crippen LogP contribution in [-0.4, -0.2) is 43.2 Å². The maximum Gasteiger partial charge on any atom is 0.237 e. The second kappa shape index (κ2) is 12.5. The molecule has 1 fully saturated rings. The molecule has 0 aromatic heterocycles. The largest absolute Gasteiger partial charge is 0.381 e. The maximum absolute atomic E-state index is 12.3. The lowest BCUT2D eigenvalue weighted by Gasteiger charge is -2.26. The summed E-state index contributed by atoms with van der Waals surface area (Å²) in [5.41, 5.74) is 8.48. The van der Waals surface area contributed by atoms with E-state index in [9.17, 15) is 4.79 Å². The van der Waals surface area contributed by atoms with E-state index in [2.05, 4.69) is 43.2 Å². The molecule has 0 radical (unpaired) electrons. The van der Waals surface area contributed by atoms with Crippen molar-refractivity contribution in [2.45, 2.75) is 51.9 Å². The Bertz CT molecular complexity index is 537. The van der Waals surface area contributed by atoms with Gasteiger partial charge in [-0.3, -0.25) is 9.69 Å². The van der Waals surface area contributed by atoms with Crippen molar-refractivity contribution in [1.29, 1.82) is 0 Å². The summed E-state index contributed by atoms with van der Waals surface area (Å²) >= 11 is 0. The van der Waals surface area contributed by atoms with Gasteiger partial charge in [0.15, 0.2) is 0 Å². The van der Waals surface area contributed by atoms with Crippen molar-refractivity contribution in [3.63, 3.8) is 0 Å². The molecule has 2 rings (SSSR count). The molecule has 1 aromatic carbocycles. The van der Waals surface area contributed by atoms with Gasteiger partial charge in [-0.25, -0.2) is 0 Å². The highest BCUT2D eigenvalue weighted by molar-refractivity contribution is 5.85. The van der Waals surface area contributed by atoms with E-state index in [4.69, 9.17) is 10.5 Å². The number of nitrogens with one attached hydrogen (secondary N) is 1. The monoisotopic (exact) mass is 405 g/mol. The number of hydrogen-bond acceptors (Lipinski definition) is 4. The van der Waals surface area contributed by atoms with Gasteiger partial charge in [0.1, 0.15) is 0 Å².